The Balaban J connectivity index is 2.42. The van der Waals surface area contributed by atoms with Crippen LogP contribution in [0.4, 0.5) is 0 Å². The third kappa shape index (κ3) is 3.61. The van der Waals surface area contributed by atoms with Gasteiger partial charge >= 0.3 is 0 Å². The predicted octanol–water partition coefficient (Wildman–Crippen LogP) is 4.85. The van der Waals surface area contributed by atoms with Crippen molar-refractivity contribution in [2.75, 3.05) is 21.3 Å². The first-order valence-electron chi connectivity index (χ1n) is 6.77. The number of methoxy groups -OCH3 is 3. The van der Waals surface area contributed by atoms with Crippen LogP contribution in [-0.2, 0) is 9.47 Å². The van der Waals surface area contributed by atoms with Gasteiger partial charge < -0.3 is 18.9 Å². The van der Waals surface area contributed by atoms with E-state index in [9.17, 15) is 0 Å². The number of hydrogen-bond acceptors (Lipinski definition) is 4. The Morgan fingerprint density at radius 1 is 0.909 bits per heavy atom. The third-order valence-electron chi connectivity index (χ3n) is 3.33. The van der Waals surface area contributed by atoms with Gasteiger partial charge in [0.25, 0.3) is 0 Å². The van der Waals surface area contributed by atoms with E-state index in [0.717, 1.165) is 27.1 Å². The van der Waals surface area contributed by atoms with Gasteiger partial charge in [0.05, 0.1) is 12.7 Å². The van der Waals surface area contributed by atoms with E-state index in [1.807, 2.05) is 43.3 Å². The molecule has 0 bridgehead atoms. The Morgan fingerprint density at radius 3 is 2.23 bits per heavy atom. The van der Waals surface area contributed by atoms with Gasteiger partial charge in [-0.3, -0.25) is 0 Å². The van der Waals surface area contributed by atoms with Crippen LogP contribution in [0.1, 0.15) is 17.4 Å². The topological polar surface area (TPSA) is 36.9 Å². The van der Waals surface area contributed by atoms with Gasteiger partial charge in [-0.05, 0) is 37.3 Å². The SMILES string of the molecule is COc1cccc(Oc2cc(Br)ccc2C(OC)OC)c1C. The van der Waals surface area contributed by atoms with Crippen molar-refractivity contribution < 1.29 is 18.9 Å². The fourth-order valence-electron chi connectivity index (χ4n) is 2.19. The summed E-state index contributed by atoms with van der Waals surface area (Å²) in [7, 11) is 4.83. The molecule has 2 aromatic carbocycles. The van der Waals surface area contributed by atoms with Crippen molar-refractivity contribution in [1.82, 2.24) is 0 Å². The molecule has 118 valence electrons. The van der Waals surface area contributed by atoms with E-state index >= 15 is 0 Å². The molecule has 0 aliphatic rings. The average molecular weight is 367 g/mol. The zero-order valence-corrected chi connectivity index (χ0v) is 14.6. The van der Waals surface area contributed by atoms with E-state index in [1.165, 1.54) is 0 Å². The highest BCUT2D eigenvalue weighted by atomic mass is 79.9. The fraction of sp³-hybridized carbons (Fsp3) is 0.294. The molecular weight excluding hydrogens is 348 g/mol. The maximum Gasteiger partial charge on any atom is 0.186 e. The van der Waals surface area contributed by atoms with E-state index in [4.69, 9.17) is 18.9 Å². The van der Waals surface area contributed by atoms with Crippen LogP contribution < -0.4 is 9.47 Å². The van der Waals surface area contributed by atoms with Gasteiger partial charge in [-0.2, -0.15) is 0 Å². The fourth-order valence-corrected chi connectivity index (χ4v) is 2.53. The lowest BCUT2D eigenvalue weighted by Gasteiger charge is -2.19. The maximum absolute atomic E-state index is 6.08. The predicted molar refractivity (Wildman–Crippen MR) is 88.7 cm³/mol. The van der Waals surface area contributed by atoms with Gasteiger partial charge in [0.1, 0.15) is 17.2 Å². The highest BCUT2D eigenvalue weighted by molar-refractivity contribution is 9.10. The molecule has 0 aliphatic heterocycles. The van der Waals surface area contributed by atoms with Gasteiger partial charge in [0.15, 0.2) is 6.29 Å². The molecule has 0 amide bonds. The third-order valence-corrected chi connectivity index (χ3v) is 3.83. The molecule has 2 rings (SSSR count). The molecule has 0 N–H and O–H groups in total. The highest BCUT2D eigenvalue weighted by Crippen LogP contribution is 2.36. The molecule has 0 unspecified atom stereocenters. The highest BCUT2D eigenvalue weighted by Gasteiger charge is 2.17. The van der Waals surface area contributed by atoms with Gasteiger partial charge in [-0.15, -0.1) is 0 Å². The molecule has 0 radical (unpaired) electrons. The van der Waals surface area contributed by atoms with Crippen molar-refractivity contribution in [3.8, 4) is 17.2 Å². The summed E-state index contributed by atoms with van der Waals surface area (Å²) in [5, 5.41) is 0. The van der Waals surface area contributed by atoms with Crippen molar-refractivity contribution in [2.24, 2.45) is 0 Å². The summed E-state index contributed by atoms with van der Waals surface area (Å²) in [5.41, 5.74) is 1.75. The van der Waals surface area contributed by atoms with E-state index in [1.54, 1.807) is 21.3 Å². The summed E-state index contributed by atoms with van der Waals surface area (Å²) in [5.74, 6) is 2.17. The second kappa shape index (κ2) is 7.63. The normalized spacial score (nSPS) is 10.8. The Kier molecular flexibility index (Phi) is 5.83. The van der Waals surface area contributed by atoms with Crippen LogP contribution in [0.5, 0.6) is 17.2 Å². The van der Waals surface area contributed by atoms with Crippen LogP contribution in [0, 0.1) is 6.92 Å². The first-order valence-corrected chi connectivity index (χ1v) is 7.56. The molecule has 0 spiro atoms. The van der Waals surface area contributed by atoms with Crippen molar-refractivity contribution in [1.29, 1.82) is 0 Å². The first-order chi connectivity index (χ1) is 10.6. The lowest BCUT2D eigenvalue weighted by atomic mass is 10.1. The summed E-state index contributed by atoms with van der Waals surface area (Å²) in [6.07, 6.45) is -0.492. The molecule has 0 saturated heterocycles. The molecule has 2 aromatic rings. The monoisotopic (exact) mass is 366 g/mol. The van der Waals surface area contributed by atoms with E-state index in [0.29, 0.717) is 5.75 Å². The van der Waals surface area contributed by atoms with E-state index < -0.39 is 6.29 Å². The molecule has 0 fully saturated rings. The number of hydrogen-bond donors (Lipinski definition) is 0. The van der Waals surface area contributed by atoms with Crippen molar-refractivity contribution in [3.63, 3.8) is 0 Å². The molecule has 0 aliphatic carbocycles. The van der Waals surface area contributed by atoms with Crippen LogP contribution in [0.2, 0.25) is 0 Å². The Hall–Kier alpha value is -1.56. The Labute approximate surface area is 139 Å². The Bertz CT molecular complexity index is 639. The summed E-state index contributed by atoms with van der Waals surface area (Å²) < 4.78 is 23.0. The van der Waals surface area contributed by atoms with Crippen LogP contribution in [0.25, 0.3) is 0 Å². The minimum Gasteiger partial charge on any atom is -0.496 e. The summed E-state index contributed by atoms with van der Waals surface area (Å²) in [6, 6.07) is 11.4. The molecule has 0 aromatic heterocycles. The molecule has 0 saturated carbocycles. The Morgan fingerprint density at radius 2 is 1.59 bits per heavy atom. The summed E-state index contributed by atoms with van der Waals surface area (Å²) in [6.45, 7) is 1.95. The van der Waals surface area contributed by atoms with Crippen LogP contribution in [0.15, 0.2) is 40.9 Å². The second-order valence-electron chi connectivity index (χ2n) is 4.67. The lowest BCUT2D eigenvalue weighted by Crippen LogP contribution is -2.05. The quantitative estimate of drug-likeness (QED) is 0.684. The van der Waals surface area contributed by atoms with Crippen molar-refractivity contribution in [3.05, 3.63) is 52.0 Å². The number of rotatable bonds is 6. The van der Waals surface area contributed by atoms with Gasteiger partial charge in [0.2, 0.25) is 0 Å². The summed E-state index contributed by atoms with van der Waals surface area (Å²) in [4.78, 5) is 0. The summed E-state index contributed by atoms with van der Waals surface area (Å²) >= 11 is 3.46. The molecule has 22 heavy (non-hydrogen) atoms. The van der Waals surface area contributed by atoms with E-state index in [2.05, 4.69) is 15.9 Å². The first kappa shape index (κ1) is 16.8. The molecular formula is C17H19BrO4. The maximum atomic E-state index is 6.08. The number of halogens is 1. The molecule has 5 heteroatoms. The minimum absolute atomic E-state index is 0.492. The van der Waals surface area contributed by atoms with Crippen LogP contribution in [-0.4, -0.2) is 21.3 Å². The van der Waals surface area contributed by atoms with E-state index in [-0.39, 0.29) is 0 Å². The standard InChI is InChI=1S/C17H19BrO4/c1-11-14(19-2)6-5-7-15(11)22-16-10-12(18)8-9-13(16)17(20-3)21-4/h5-10,17H,1-4H3. The zero-order chi connectivity index (χ0) is 16.1. The molecule has 0 heterocycles. The van der Waals surface area contributed by atoms with Crippen molar-refractivity contribution >= 4 is 15.9 Å². The molecule has 0 atom stereocenters. The van der Waals surface area contributed by atoms with Gasteiger partial charge in [0, 0.05) is 24.3 Å². The molecule has 4 nitrogen and oxygen atoms in total. The van der Waals surface area contributed by atoms with Crippen LogP contribution in [0.3, 0.4) is 0 Å². The van der Waals surface area contributed by atoms with Crippen LogP contribution >= 0.6 is 15.9 Å². The number of benzene rings is 2. The average Bonchev–Trinajstić information content (AvgIpc) is 2.52. The number of ether oxygens (including phenoxy) is 4. The van der Waals surface area contributed by atoms with Gasteiger partial charge in [-0.1, -0.05) is 22.0 Å². The zero-order valence-electron chi connectivity index (χ0n) is 13.1. The van der Waals surface area contributed by atoms with Crippen molar-refractivity contribution in [2.45, 2.75) is 13.2 Å². The van der Waals surface area contributed by atoms with Gasteiger partial charge in [-0.25, -0.2) is 0 Å². The largest absolute Gasteiger partial charge is 0.496 e. The minimum atomic E-state index is -0.492. The smallest absolute Gasteiger partial charge is 0.186 e. The second-order valence-corrected chi connectivity index (χ2v) is 5.59. The lowest BCUT2D eigenvalue weighted by molar-refractivity contribution is -0.106.